The van der Waals surface area contributed by atoms with Crippen molar-refractivity contribution in [2.24, 2.45) is 20.5 Å². The maximum absolute atomic E-state index is 11.3. The second-order valence-electron chi connectivity index (χ2n) is 5.20. The second kappa shape index (κ2) is 12.7. The van der Waals surface area contributed by atoms with Gasteiger partial charge in [-0.1, -0.05) is 0 Å². The number of Topliss-reactive ketones (excluding diaryl/α,β-unsaturated/α-hetero) is 4. The van der Waals surface area contributed by atoms with Crippen molar-refractivity contribution in [3.63, 3.8) is 0 Å². The van der Waals surface area contributed by atoms with Crippen LogP contribution in [-0.2, 0) is 58.1 Å². The van der Waals surface area contributed by atoms with E-state index in [-0.39, 0.29) is 62.1 Å². The van der Waals surface area contributed by atoms with E-state index in [1.807, 2.05) is 0 Å². The van der Waals surface area contributed by atoms with Gasteiger partial charge >= 0.3 is 39.0 Å². The van der Waals surface area contributed by atoms with E-state index in [2.05, 4.69) is 20.5 Å². The van der Waals surface area contributed by atoms with E-state index in [1.165, 1.54) is 27.7 Å². The van der Waals surface area contributed by atoms with E-state index in [0.717, 1.165) is 0 Å². The van der Waals surface area contributed by atoms with Crippen LogP contribution in [0.2, 0.25) is 0 Å². The molecule has 0 amide bonds. The number of carbonyl (C=O) groups is 4. The van der Waals surface area contributed by atoms with Crippen LogP contribution >= 0.6 is 0 Å². The molecule has 0 aliphatic heterocycles. The molecule has 0 fully saturated rings. The van der Waals surface area contributed by atoms with Crippen LogP contribution in [0.4, 0.5) is 11.4 Å². The minimum absolute atomic E-state index is 0. The van der Waals surface area contributed by atoms with Gasteiger partial charge in [0.05, 0.1) is 11.4 Å². The van der Waals surface area contributed by atoms with Gasteiger partial charge in [0.25, 0.3) is 0 Å². The molecule has 0 unspecified atom stereocenters. The first-order chi connectivity index (χ1) is 11.2. The van der Waals surface area contributed by atoms with Gasteiger partial charge in [-0.25, -0.2) is 0 Å². The molecular formula is C16H18N4O4Ru2+6. The number of nitrogens with zero attached hydrogens (tertiary/aromatic N) is 4. The van der Waals surface area contributed by atoms with Crippen LogP contribution < -0.4 is 0 Å². The van der Waals surface area contributed by atoms with E-state index < -0.39 is 12.1 Å². The summed E-state index contributed by atoms with van der Waals surface area (Å²) in [5, 5.41) is 15.1. The molecule has 0 N–H and O–H groups in total. The summed E-state index contributed by atoms with van der Waals surface area (Å²) in [4.78, 5) is 45.1. The molecule has 0 aliphatic carbocycles. The van der Waals surface area contributed by atoms with Crippen molar-refractivity contribution >= 4 is 34.5 Å². The van der Waals surface area contributed by atoms with Gasteiger partial charge in [0.15, 0.2) is 35.2 Å². The molecule has 8 nitrogen and oxygen atoms in total. The smallest absolute Gasteiger partial charge is 0.297 e. The Morgan fingerprint density at radius 2 is 0.846 bits per heavy atom. The van der Waals surface area contributed by atoms with Gasteiger partial charge < -0.3 is 0 Å². The summed E-state index contributed by atoms with van der Waals surface area (Å²) in [6, 6.07) is 4.04. The maximum Gasteiger partial charge on any atom is 3.00 e. The summed E-state index contributed by atoms with van der Waals surface area (Å²) in [6.45, 7) is 5.09. The third-order valence-corrected chi connectivity index (χ3v) is 2.97. The number of carbonyl (C=O) groups excluding carboxylic acids is 4. The molecule has 1 rings (SSSR count). The van der Waals surface area contributed by atoms with Gasteiger partial charge in [-0.2, -0.15) is 20.5 Å². The Kier molecular flexibility index (Phi) is 12.9. The fourth-order valence-electron chi connectivity index (χ4n) is 1.73. The molecule has 0 heterocycles. The van der Waals surface area contributed by atoms with Crippen LogP contribution in [0.5, 0.6) is 0 Å². The predicted octanol–water partition coefficient (Wildman–Crippen LogP) is 2.94. The molecule has 0 saturated carbocycles. The van der Waals surface area contributed by atoms with Crippen molar-refractivity contribution in [3.8, 4) is 0 Å². The zero-order valence-corrected chi connectivity index (χ0v) is 18.1. The third kappa shape index (κ3) is 8.63. The fourth-order valence-corrected chi connectivity index (χ4v) is 1.73. The Bertz CT molecular complexity index is 628. The van der Waals surface area contributed by atoms with E-state index in [9.17, 15) is 19.2 Å². The van der Waals surface area contributed by atoms with E-state index in [1.54, 1.807) is 24.3 Å². The minimum Gasteiger partial charge on any atom is -0.297 e. The van der Waals surface area contributed by atoms with Crippen LogP contribution in [0, 0.1) is 0 Å². The zero-order chi connectivity index (χ0) is 18.3. The number of hydrogen-bond acceptors (Lipinski definition) is 8. The maximum atomic E-state index is 11.3. The van der Waals surface area contributed by atoms with Gasteiger partial charge in [-0.3, -0.25) is 19.2 Å². The Balaban J connectivity index is 0. The summed E-state index contributed by atoms with van der Waals surface area (Å²) in [7, 11) is 0. The molecule has 1 aromatic rings. The van der Waals surface area contributed by atoms with Gasteiger partial charge in [-0.05, 0) is 52.0 Å². The molecule has 0 aliphatic rings. The van der Waals surface area contributed by atoms with Crippen molar-refractivity contribution in [2.45, 2.75) is 39.8 Å². The van der Waals surface area contributed by atoms with Crippen molar-refractivity contribution in [1.82, 2.24) is 0 Å². The largest absolute Gasteiger partial charge is 3.00 e. The third-order valence-electron chi connectivity index (χ3n) is 2.97. The monoisotopic (exact) mass is 534 g/mol. The standard InChI is InChI=1S/C16H18N4O4.2Ru/c1-9(21)15(10(2)22)19-17-13-5-7-14(8-6-13)18-20-16(11(3)23)12(4)24;;/h5-8,15-16H,1-4H3;;/q;2*+3. The van der Waals surface area contributed by atoms with Crippen LogP contribution in [0.25, 0.3) is 0 Å². The molecule has 0 saturated heterocycles. The SMILES string of the molecule is CC(=O)C(N=Nc1ccc(N=NC(C(C)=O)C(C)=O)cc1)C(C)=O.[Ru+3].[Ru+3]. The van der Waals surface area contributed by atoms with E-state index in [4.69, 9.17) is 0 Å². The molecule has 0 aromatic heterocycles. The molecule has 136 valence electrons. The fraction of sp³-hybridized carbons (Fsp3) is 0.375. The normalized spacial score (nSPS) is 10.7. The minimum atomic E-state index is -1.10. The Labute approximate surface area is 176 Å². The predicted molar refractivity (Wildman–Crippen MR) is 85.8 cm³/mol. The number of rotatable bonds is 8. The van der Waals surface area contributed by atoms with Crippen molar-refractivity contribution < 1.29 is 58.1 Å². The summed E-state index contributed by atoms with van der Waals surface area (Å²) in [5.74, 6) is -1.51. The van der Waals surface area contributed by atoms with Gasteiger partial charge in [-0.15, -0.1) is 0 Å². The van der Waals surface area contributed by atoms with Crippen molar-refractivity contribution in [1.29, 1.82) is 0 Å². The first-order valence-corrected chi connectivity index (χ1v) is 7.16. The second-order valence-corrected chi connectivity index (χ2v) is 5.20. The van der Waals surface area contributed by atoms with Crippen LogP contribution in [0.15, 0.2) is 44.7 Å². The first-order valence-electron chi connectivity index (χ1n) is 7.16. The number of hydrogen-bond donors (Lipinski definition) is 0. The number of azo groups is 2. The summed E-state index contributed by atoms with van der Waals surface area (Å²) < 4.78 is 0. The summed E-state index contributed by atoms with van der Waals surface area (Å²) >= 11 is 0. The van der Waals surface area contributed by atoms with E-state index >= 15 is 0 Å². The van der Waals surface area contributed by atoms with Crippen LogP contribution in [0.3, 0.4) is 0 Å². The Morgan fingerprint density at radius 3 is 1.04 bits per heavy atom. The molecular weight excluding hydrogens is 514 g/mol. The molecule has 1 aromatic carbocycles. The summed E-state index contributed by atoms with van der Waals surface area (Å²) in [5.41, 5.74) is 0.854. The average molecular weight is 532 g/mol. The topological polar surface area (TPSA) is 118 Å². The van der Waals surface area contributed by atoms with Gasteiger partial charge in [0.2, 0.25) is 0 Å². The Morgan fingerprint density at radius 1 is 0.615 bits per heavy atom. The Hall–Kier alpha value is -1.65. The van der Waals surface area contributed by atoms with Gasteiger partial charge in [0, 0.05) is 0 Å². The molecule has 10 heteroatoms. The summed E-state index contributed by atoms with van der Waals surface area (Å²) in [6.07, 6.45) is 0. The van der Waals surface area contributed by atoms with Crippen molar-refractivity contribution in [3.05, 3.63) is 24.3 Å². The molecule has 26 heavy (non-hydrogen) atoms. The van der Waals surface area contributed by atoms with Crippen molar-refractivity contribution in [2.75, 3.05) is 0 Å². The zero-order valence-electron chi connectivity index (χ0n) is 14.6. The molecule has 0 bridgehead atoms. The molecule has 0 spiro atoms. The van der Waals surface area contributed by atoms with Crippen LogP contribution in [-0.4, -0.2) is 35.2 Å². The van der Waals surface area contributed by atoms with E-state index in [0.29, 0.717) is 11.4 Å². The van der Waals surface area contributed by atoms with Gasteiger partial charge in [0.1, 0.15) is 0 Å². The molecule has 2 radical (unpaired) electrons. The average Bonchev–Trinajstić information content (AvgIpc) is 2.47. The molecule has 0 atom stereocenters. The van der Waals surface area contributed by atoms with Crippen LogP contribution in [0.1, 0.15) is 27.7 Å². The first kappa shape index (κ1) is 26.6. The number of benzene rings is 1. The quantitative estimate of drug-likeness (QED) is 0.291. The number of ketones is 4.